The normalized spacial score (nSPS) is 10.7. The molecule has 0 radical (unpaired) electrons. The van der Waals surface area contributed by atoms with E-state index in [9.17, 15) is 9.59 Å². The van der Waals surface area contributed by atoms with Crippen LogP contribution in [0.25, 0.3) is 22.0 Å². The molecule has 158 valence electrons. The van der Waals surface area contributed by atoms with Crippen LogP contribution in [0.15, 0.2) is 51.7 Å². The summed E-state index contributed by atoms with van der Waals surface area (Å²) in [7, 11) is 0. The number of benzene rings is 1. The Morgan fingerprint density at radius 1 is 1.10 bits per heavy atom. The van der Waals surface area contributed by atoms with Gasteiger partial charge in [0.15, 0.2) is 5.13 Å². The molecule has 0 bridgehead atoms. The highest BCUT2D eigenvalue weighted by atomic mass is 32.1. The lowest BCUT2D eigenvalue weighted by Gasteiger charge is -2.03. The monoisotopic (exact) mass is 453 g/mol. The third kappa shape index (κ3) is 5.62. The zero-order chi connectivity index (χ0) is 21.6. The maximum Gasteiger partial charge on any atom is 0.227 e. The van der Waals surface area contributed by atoms with Crippen LogP contribution < -0.4 is 10.6 Å². The van der Waals surface area contributed by atoms with Crippen LogP contribution in [0, 0.1) is 0 Å². The quantitative estimate of drug-likeness (QED) is 0.415. The molecule has 0 fully saturated rings. The van der Waals surface area contributed by atoms with Gasteiger partial charge in [0, 0.05) is 37.3 Å². The van der Waals surface area contributed by atoms with Crippen LogP contribution in [-0.2, 0) is 22.6 Å². The molecule has 0 saturated carbocycles. The fourth-order valence-electron chi connectivity index (χ4n) is 2.75. The van der Waals surface area contributed by atoms with Crippen molar-refractivity contribution in [1.29, 1.82) is 0 Å². The molecule has 3 heterocycles. The van der Waals surface area contributed by atoms with Crippen molar-refractivity contribution in [3.8, 4) is 22.0 Å². The van der Waals surface area contributed by atoms with E-state index in [4.69, 9.17) is 4.52 Å². The number of thiazole rings is 1. The molecule has 31 heavy (non-hydrogen) atoms. The number of aromatic nitrogens is 3. The summed E-state index contributed by atoms with van der Waals surface area (Å²) in [5.41, 5.74) is 2.73. The molecule has 10 heteroatoms. The Hall–Kier alpha value is -3.37. The van der Waals surface area contributed by atoms with Crippen LogP contribution in [-0.4, -0.2) is 26.9 Å². The summed E-state index contributed by atoms with van der Waals surface area (Å²) < 4.78 is 5.22. The van der Waals surface area contributed by atoms with E-state index >= 15 is 0 Å². The highest BCUT2D eigenvalue weighted by Gasteiger charge is 2.13. The lowest BCUT2D eigenvalue weighted by molar-refractivity contribution is -0.119. The molecule has 4 rings (SSSR count). The molecule has 0 unspecified atom stereocenters. The molecule has 3 aromatic heterocycles. The zero-order valence-electron chi connectivity index (χ0n) is 16.6. The second-order valence-electron chi connectivity index (χ2n) is 6.68. The molecule has 0 aliphatic heterocycles. The van der Waals surface area contributed by atoms with E-state index in [0.717, 1.165) is 21.7 Å². The molecule has 0 aliphatic carbocycles. The number of rotatable bonds is 8. The first-order valence-corrected chi connectivity index (χ1v) is 11.3. The summed E-state index contributed by atoms with van der Waals surface area (Å²) >= 11 is 2.90. The van der Waals surface area contributed by atoms with E-state index in [-0.39, 0.29) is 18.2 Å². The van der Waals surface area contributed by atoms with Crippen LogP contribution in [0.1, 0.15) is 24.8 Å². The van der Waals surface area contributed by atoms with Crippen molar-refractivity contribution in [2.75, 3.05) is 5.32 Å². The number of carbonyl (C=O) groups is 2. The Bertz CT molecular complexity index is 1170. The highest BCUT2D eigenvalue weighted by molar-refractivity contribution is 7.14. The van der Waals surface area contributed by atoms with Gasteiger partial charge in [-0.15, -0.1) is 22.7 Å². The molecule has 2 N–H and O–H groups in total. The number of carbonyl (C=O) groups excluding carboxylic acids is 2. The Labute approximate surface area is 186 Å². The van der Waals surface area contributed by atoms with Gasteiger partial charge in [0.1, 0.15) is 0 Å². The van der Waals surface area contributed by atoms with Crippen LogP contribution >= 0.6 is 22.7 Å². The molecule has 0 aliphatic rings. The van der Waals surface area contributed by atoms with Crippen molar-refractivity contribution in [2.24, 2.45) is 0 Å². The van der Waals surface area contributed by atoms with E-state index in [1.807, 2.05) is 47.2 Å². The minimum absolute atomic E-state index is 0.0639. The number of anilines is 1. The highest BCUT2D eigenvalue weighted by Crippen LogP contribution is 2.25. The minimum atomic E-state index is -0.164. The van der Waals surface area contributed by atoms with Crippen molar-refractivity contribution in [1.82, 2.24) is 20.4 Å². The van der Waals surface area contributed by atoms with Crippen LogP contribution in [0.5, 0.6) is 0 Å². The first-order chi connectivity index (χ1) is 15.1. The van der Waals surface area contributed by atoms with Gasteiger partial charge in [0.2, 0.25) is 23.5 Å². The van der Waals surface area contributed by atoms with Crippen molar-refractivity contribution in [2.45, 2.75) is 26.3 Å². The predicted molar refractivity (Wildman–Crippen MR) is 120 cm³/mol. The van der Waals surface area contributed by atoms with Crippen LogP contribution in [0.4, 0.5) is 5.13 Å². The summed E-state index contributed by atoms with van der Waals surface area (Å²) in [5, 5.41) is 13.9. The molecular formula is C21H19N5O3S2. The SMILES string of the molecule is CC(=O)NCc1ccc(-c2csc(NC(=O)CCc3nc(-c4cccs4)no3)n2)cc1. The first-order valence-electron chi connectivity index (χ1n) is 9.52. The Kier molecular flexibility index (Phi) is 6.48. The fourth-order valence-corrected chi connectivity index (χ4v) is 4.13. The second kappa shape index (κ2) is 9.63. The maximum atomic E-state index is 12.3. The van der Waals surface area contributed by atoms with Gasteiger partial charge >= 0.3 is 0 Å². The third-order valence-electron chi connectivity index (χ3n) is 4.32. The number of hydrogen-bond donors (Lipinski definition) is 2. The Morgan fingerprint density at radius 3 is 2.68 bits per heavy atom. The first kappa shape index (κ1) is 20.9. The summed E-state index contributed by atoms with van der Waals surface area (Å²) in [5.74, 6) is 0.740. The van der Waals surface area contributed by atoms with Crippen molar-refractivity contribution >= 4 is 39.6 Å². The largest absolute Gasteiger partial charge is 0.352 e. The molecule has 2 amide bonds. The second-order valence-corrected chi connectivity index (χ2v) is 8.49. The number of thiophene rings is 1. The Balaban J connectivity index is 1.29. The van der Waals surface area contributed by atoms with Crippen LogP contribution in [0.3, 0.4) is 0 Å². The van der Waals surface area contributed by atoms with Gasteiger partial charge in [-0.05, 0) is 17.0 Å². The third-order valence-corrected chi connectivity index (χ3v) is 5.94. The summed E-state index contributed by atoms with van der Waals surface area (Å²) in [6.07, 6.45) is 0.580. The van der Waals surface area contributed by atoms with Crippen molar-refractivity contribution in [3.05, 3.63) is 58.6 Å². The number of nitrogens with one attached hydrogen (secondary N) is 2. The van der Waals surface area contributed by atoms with E-state index in [0.29, 0.717) is 29.8 Å². The Morgan fingerprint density at radius 2 is 1.94 bits per heavy atom. The summed E-state index contributed by atoms with van der Waals surface area (Å²) in [6.45, 7) is 1.98. The van der Waals surface area contributed by atoms with Crippen molar-refractivity contribution < 1.29 is 14.1 Å². The van der Waals surface area contributed by atoms with Gasteiger partial charge in [-0.3, -0.25) is 9.59 Å². The molecule has 0 atom stereocenters. The zero-order valence-corrected chi connectivity index (χ0v) is 18.3. The van der Waals surface area contributed by atoms with Gasteiger partial charge < -0.3 is 15.2 Å². The fraction of sp³-hybridized carbons (Fsp3) is 0.190. The van der Waals surface area contributed by atoms with Gasteiger partial charge in [0.05, 0.1) is 10.6 Å². The minimum Gasteiger partial charge on any atom is -0.352 e. The van der Waals surface area contributed by atoms with Gasteiger partial charge in [-0.25, -0.2) is 4.98 Å². The smallest absolute Gasteiger partial charge is 0.227 e. The molecule has 4 aromatic rings. The van der Waals surface area contributed by atoms with Crippen molar-refractivity contribution in [3.63, 3.8) is 0 Å². The standard InChI is InChI=1S/C21H19N5O3S2/c1-13(27)22-11-14-4-6-15(7-5-14)16-12-31-21(23-16)24-18(28)8-9-19-25-20(26-29-19)17-3-2-10-30-17/h2-7,10,12H,8-9,11H2,1H3,(H,22,27)(H,23,24,28). The maximum absolute atomic E-state index is 12.3. The van der Waals surface area contributed by atoms with E-state index in [1.165, 1.54) is 29.6 Å². The molecule has 8 nitrogen and oxygen atoms in total. The lowest BCUT2D eigenvalue weighted by Crippen LogP contribution is -2.18. The van der Waals surface area contributed by atoms with E-state index < -0.39 is 0 Å². The lowest BCUT2D eigenvalue weighted by atomic mass is 10.1. The molecule has 1 aromatic carbocycles. The number of aryl methyl sites for hydroxylation is 1. The van der Waals surface area contributed by atoms with Crippen LogP contribution in [0.2, 0.25) is 0 Å². The molecule has 0 spiro atoms. The average Bonchev–Trinajstić information content (AvgIpc) is 3.52. The summed E-state index contributed by atoms with van der Waals surface area (Å²) in [6, 6.07) is 11.6. The number of amides is 2. The van der Waals surface area contributed by atoms with Gasteiger partial charge in [0.25, 0.3) is 0 Å². The molecular weight excluding hydrogens is 434 g/mol. The predicted octanol–water partition coefficient (Wildman–Crippen LogP) is 4.13. The van der Waals surface area contributed by atoms with E-state index in [1.54, 1.807) is 0 Å². The van der Waals surface area contributed by atoms with Gasteiger partial charge in [-0.1, -0.05) is 35.5 Å². The number of hydrogen-bond acceptors (Lipinski definition) is 8. The van der Waals surface area contributed by atoms with Gasteiger partial charge in [-0.2, -0.15) is 4.98 Å². The number of nitrogens with zero attached hydrogens (tertiary/aromatic N) is 3. The summed E-state index contributed by atoms with van der Waals surface area (Å²) in [4.78, 5) is 33.0. The average molecular weight is 454 g/mol. The molecule has 0 saturated heterocycles. The topological polar surface area (TPSA) is 110 Å². The van der Waals surface area contributed by atoms with E-state index in [2.05, 4.69) is 25.8 Å².